The number of carbonyl (C=O) groups excluding carboxylic acids is 1. The second-order valence-electron chi connectivity index (χ2n) is 5.44. The number of unbranched alkanes of at least 4 members (excludes halogenated alkanes) is 1. The van der Waals surface area contributed by atoms with Crippen LogP contribution in [0.4, 0.5) is 0 Å². The van der Waals surface area contributed by atoms with Gasteiger partial charge in [0.15, 0.2) is 0 Å². The first kappa shape index (κ1) is 17.9. The molecule has 0 saturated heterocycles. The Morgan fingerprint density at radius 2 is 1.42 bits per heavy atom. The molecule has 2 aromatic carbocycles. The van der Waals surface area contributed by atoms with Crippen LogP contribution < -0.4 is 9.47 Å². The molecule has 128 valence electrons. The number of ether oxygens (including phenoxy) is 3. The Morgan fingerprint density at radius 1 is 0.833 bits per heavy atom. The summed E-state index contributed by atoms with van der Waals surface area (Å²) in [7, 11) is 1.41. The predicted octanol–water partition coefficient (Wildman–Crippen LogP) is 4.03. The van der Waals surface area contributed by atoms with Gasteiger partial charge in [0.05, 0.1) is 20.3 Å². The van der Waals surface area contributed by atoms with E-state index in [1.807, 2.05) is 54.6 Å². The zero-order valence-electron chi connectivity index (χ0n) is 14.1. The van der Waals surface area contributed by atoms with Crippen molar-refractivity contribution < 1.29 is 19.0 Å². The lowest BCUT2D eigenvalue weighted by atomic mass is 10.1. The molecule has 0 heterocycles. The molecule has 0 spiro atoms. The smallest absolute Gasteiger partial charge is 0.305 e. The van der Waals surface area contributed by atoms with E-state index in [-0.39, 0.29) is 5.97 Å². The first-order valence-electron chi connectivity index (χ1n) is 8.24. The number of methoxy groups -OCH3 is 1. The molecule has 0 fully saturated rings. The van der Waals surface area contributed by atoms with Gasteiger partial charge in [-0.25, -0.2) is 0 Å². The van der Waals surface area contributed by atoms with Crippen molar-refractivity contribution >= 4 is 5.97 Å². The molecule has 4 heteroatoms. The van der Waals surface area contributed by atoms with Gasteiger partial charge in [0.2, 0.25) is 0 Å². The van der Waals surface area contributed by atoms with Gasteiger partial charge in [-0.15, -0.1) is 0 Å². The highest BCUT2D eigenvalue weighted by Gasteiger charge is 2.02. The molecule has 0 aromatic heterocycles. The maximum Gasteiger partial charge on any atom is 0.305 e. The Kier molecular flexibility index (Phi) is 7.68. The van der Waals surface area contributed by atoms with Gasteiger partial charge < -0.3 is 14.2 Å². The van der Waals surface area contributed by atoms with Crippen LogP contribution in [0.2, 0.25) is 0 Å². The monoisotopic (exact) mass is 328 g/mol. The van der Waals surface area contributed by atoms with E-state index in [4.69, 9.17) is 9.47 Å². The lowest BCUT2D eigenvalue weighted by Gasteiger charge is -2.08. The van der Waals surface area contributed by atoms with E-state index in [0.717, 1.165) is 29.9 Å². The summed E-state index contributed by atoms with van der Waals surface area (Å²) in [4.78, 5) is 11.1. The third-order valence-electron chi connectivity index (χ3n) is 3.59. The molecule has 0 atom stereocenters. The Bertz CT molecular complexity index is 593. The number of rotatable bonds is 10. The highest BCUT2D eigenvalue weighted by atomic mass is 16.5. The molecule has 0 unspecified atom stereocenters. The van der Waals surface area contributed by atoms with Crippen molar-refractivity contribution in [1.29, 1.82) is 0 Å². The standard InChI is InChI=1S/C20H24O4/c1-22-20(21)14-11-17-9-12-19(13-10-17)24-16-6-5-15-23-18-7-3-2-4-8-18/h2-4,7-10,12-13H,5-6,11,14-16H2,1H3. The normalized spacial score (nSPS) is 10.2. The Labute approximate surface area is 143 Å². The molecule has 0 bridgehead atoms. The number of aryl methyl sites for hydroxylation is 1. The Morgan fingerprint density at radius 3 is 2.00 bits per heavy atom. The zero-order valence-corrected chi connectivity index (χ0v) is 14.1. The number of benzene rings is 2. The van der Waals surface area contributed by atoms with E-state index in [1.54, 1.807) is 0 Å². The average molecular weight is 328 g/mol. The van der Waals surface area contributed by atoms with E-state index in [9.17, 15) is 4.79 Å². The van der Waals surface area contributed by atoms with E-state index in [0.29, 0.717) is 26.1 Å². The molecule has 4 nitrogen and oxygen atoms in total. The molecular formula is C20H24O4. The molecule has 0 amide bonds. The van der Waals surface area contributed by atoms with Crippen molar-refractivity contribution in [2.75, 3.05) is 20.3 Å². The van der Waals surface area contributed by atoms with Crippen LogP contribution in [0.5, 0.6) is 11.5 Å². The molecule has 24 heavy (non-hydrogen) atoms. The lowest BCUT2D eigenvalue weighted by Crippen LogP contribution is -2.03. The Balaban J connectivity index is 1.58. The summed E-state index contributed by atoms with van der Waals surface area (Å²) in [6, 6.07) is 17.7. The van der Waals surface area contributed by atoms with E-state index in [1.165, 1.54) is 7.11 Å². The summed E-state index contributed by atoms with van der Waals surface area (Å²) < 4.78 is 16.0. The molecule has 0 N–H and O–H groups in total. The summed E-state index contributed by atoms with van der Waals surface area (Å²) >= 11 is 0. The zero-order chi connectivity index (χ0) is 17.0. The van der Waals surface area contributed by atoms with Crippen LogP contribution in [0.1, 0.15) is 24.8 Å². The van der Waals surface area contributed by atoms with Gasteiger partial charge in [-0.1, -0.05) is 30.3 Å². The van der Waals surface area contributed by atoms with Crippen LogP contribution in [0.3, 0.4) is 0 Å². The molecule has 2 rings (SSSR count). The van der Waals surface area contributed by atoms with Crippen LogP contribution in [0.15, 0.2) is 54.6 Å². The first-order valence-corrected chi connectivity index (χ1v) is 8.24. The molecule has 0 aliphatic rings. The van der Waals surface area contributed by atoms with Crippen LogP contribution in [-0.4, -0.2) is 26.3 Å². The van der Waals surface area contributed by atoms with Crippen molar-refractivity contribution in [2.24, 2.45) is 0 Å². The number of hydrogen-bond acceptors (Lipinski definition) is 4. The van der Waals surface area contributed by atoms with E-state index < -0.39 is 0 Å². The SMILES string of the molecule is COC(=O)CCc1ccc(OCCCCOc2ccccc2)cc1. The van der Waals surface area contributed by atoms with Gasteiger partial charge in [0.25, 0.3) is 0 Å². The van der Waals surface area contributed by atoms with Crippen molar-refractivity contribution in [2.45, 2.75) is 25.7 Å². The van der Waals surface area contributed by atoms with Crippen LogP contribution in [0.25, 0.3) is 0 Å². The predicted molar refractivity (Wildman–Crippen MR) is 93.4 cm³/mol. The minimum absolute atomic E-state index is 0.187. The van der Waals surface area contributed by atoms with Crippen LogP contribution >= 0.6 is 0 Å². The van der Waals surface area contributed by atoms with Gasteiger partial charge in [0, 0.05) is 6.42 Å². The summed E-state index contributed by atoms with van der Waals surface area (Å²) in [5.41, 5.74) is 1.10. The van der Waals surface area contributed by atoms with Crippen molar-refractivity contribution in [1.82, 2.24) is 0 Å². The van der Waals surface area contributed by atoms with Gasteiger partial charge >= 0.3 is 5.97 Å². The van der Waals surface area contributed by atoms with Gasteiger partial charge in [-0.05, 0) is 49.1 Å². The summed E-state index contributed by atoms with van der Waals surface area (Å²) in [6.07, 6.45) is 2.98. The second kappa shape index (κ2) is 10.3. The lowest BCUT2D eigenvalue weighted by molar-refractivity contribution is -0.140. The molecule has 0 aliphatic carbocycles. The van der Waals surface area contributed by atoms with Crippen LogP contribution in [-0.2, 0) is 16.0 Å². The Hall–Kier alpha value is -2.49. The quantitative estimate of drug-likeness (QED) is 0.488. The third-order valence-corrected chi connectivity index (χ3v) is 3.59. The maximum absolute atomic E-state index is 11.1. The van der Waals surface area contributed by atoms with Crippen molar-refractivity contribution in [3.63, 3.8) is 0 Å². The van der Waals surface area contributed by atoms with Gasteiger partial charge in [-0.3, -0.25) is 4.79 Å². The van der Waals surface area contributed by atoms with E-state index in [2.05, 4.69) is 4.74 Å². The number of para-hydroxylation sites is 1. The molecular weight excluding hydrogens is 304 g/mol. The van der Waals surface area contributed by atoms with Crippen LogP contribution in [0, 0.1) is 0 Å². The largest absolute Gasteiger partial charge is 0.494 e. The minimum Gasteiger partial charge on any atom is -0.494 e. The highest BCUT2D eigenvalue weighted by Crippen LogP contribution is 2.14. The second-order valence-corrected chi connectivity index (χ2v) is 5.44. The summed E-state index contributed by atoms with van der Waals surface area (Å²) in [6.45, 7) is 1.36. The number of hydrogen-bond donors (Lipinski definition) is 0. The summed E-state index contributed by atoms with van der Waals surface area (Å²) in [5.74, 6) is 1.56. The topological polar surface area (TPSA) is 44.8 Å². The number of esters is 1. The average Bonchev–Trinajstić information content (AvgIpc) is 2.64. The first-order chi connectivity index (χ1) is 11.8. The third kappa shape index (κ3) is 6.73. The number of carbonyl (C=O) groups is 1. The molecule has 0 radical (unpaired) electrons. The van der Waals surface area contributed by atoms with Gasteiger partial charge in [0.1, 0.15) is 11.5 Å². The highest BCUT2D eigenvalue weighted by molar-refractivity contribution is 5.69. The fourth-order valence-electron chi connectivity index (χ4n) is 2.20. The molecule has 2 aromatic rings. The van der Waals surface area contributed by atoms with E-state index >= 15 is 0 Å². The van der Waals surface area contributed by atoms with Crippen molar-refractivity contribution in [3.8, 4) is 11.5 Å². The van der Waals surface area contributed by atoms with Crippen molar-refractivity contribution in [3.05, 3.63) is 60.2 Å². The fraction of sp³-hybridized carbons (Fsp3) is 0.350. The minimum atomic E-state index is -0.187. The fourth-order valence-corrected chi connectivity index (χ4v) is 2.20. The van der Waals surface area contributed by atoms with Gasteiger partial charge in [-0.2, -0.15) is 0 Å². The molecule has 0 saturated carbocycles. The molecule has 0 aliphatic heterocycles. The maximum atomic E-state index is 11.1. The summed E-state index contributed by atoms with van der Waals surface area (Å²) in [5, 5.41) is 0.